The van der Waals surface area contributed by atoms with Crippen LogP contribution >= 0.6 is 0 Å². The zero-order valence-electron chi connectivity index (χ0n) is 19.7. The highest BCUT2D eigenvalue weighted by molar-refractivity contribution is 7.89. The van der Waals surface area contributed by atoms with Crippen LogP contribution in [0, 0.1) is 27.7 Å². The van der Waals surface area contributed by atoms with Crippen LogP contribution in [0.1, 0.15) is 22.3 Å². The molecular weight excluding hydrogens is 434 g/mol. The molecule has 1 saturated heterocycles. The van der Waals surface area contributed by atoms with Crippen molar-refractivity contribution in [3.8, 4) is 0 Å². The zero-order valence-corrected chi connectivity index (χ0v) is 20.5. The molecule has 1 amide bonds. The van der Waals surface area contributed by atoms with Gasteiger partial charge in [0.1, 0.15) is 0 Å². The summed E-state index contributed by atoms with van der Waals surface area (Å²) in [6.07, 6.45) is 0. The molecule has 174 valence electrons. The van der Waals surface area contributed by atoms with Gasteiger partial charge in [0.05, 0.1) is 11.4 Å². The van der Waals surface area contributed by atoms with Crippen LogP contribution in [0.4, 0.5) is 5.69 Å². The van der Waals surface area contributed by atoms with Gasteiger partial charge in [-0.05, 0) is 72.9 Å². The number of amides is 1. The van der Waals surface area contributed by atoms with Crippen molar-refractivity contribution in [3.63, 3.8) is 0 Å². The summed E-state index contributed by atoms with van der Waals surface area (Å²) in [5, 5.41) is 5.17. The summed E-state index contributed by atoms with van der Waals surface area (Å²) < 4.78 is 28.4. The minimum absolute atomic E-state index is 0.0948. The fourth-order valence-corrected chi connectivity index (χ4v) is 6.49. The lowest BCUT2D eigenvalue weighted by Crippen LogP contribution is -2.50. The molecule has 0 atom stereocenters. The largest absolute Gasteiger partial charge is 0.325 e. The first kappa shape index (κ1) is 23.4. The minimum atomic E-state index is -3.58. The molecule has 1 fully saturated rings. The maximum Gasteiger partial charge on any atom is 0.243 e. The quantitative estimate of drug-likeness (QED) is 0.618. The van der Waals surface area contributed by atoms with Crippen LogP contribution in [0.25, 0.3) is 10.8 Å². The van der Waals surface area contributed by atoms with Gasteiger partial charge >= 0.3 is 0 Å². The second-order valence-electron chi connectivity index (χ2n) is 8.88. The Hall–Kier alpha value is -2.74. The van der Waals surface area contributed by atoms with Crippen molar-refractivity contribution >= 4 is 32.4 Å². The standard InChI is InChI=1S/C26H31N3O3S/c1-18-15-19(2)21(4)26(20(18)3)33(31,32)29-13-11-28(12-14-29)17-25(30)27-24-10-9-22-7-5-6-8-23(22)16-24/h5-10,15-16H,11-14,17H2,1-4H3,(H,27,30). The first-order valence-corrected chi connectivity index (χ1v) is 12.7. The summed E-state index contributed by atoms with van der Waals surface area (Å²) in [5.41, 5.74) is 4.37. The highest BCUT2D eigenvalue weighted by atomic mass is 32.2. The molecule has 0 bridgehead atoms. The monoisotopic (exact) mass is 465 g/mol. The smallest absolute Gasteiger partial charge is 0.243 e. The van der Waals surface area contributed by atoms with E-state index in [2.05, 4.69) is 5.32 Å². The topological polar surface area (TPSA) is 69.7 Å². The summed E-state index contributed by atoms with van der Waals surface area (Å²) in [6, 6.07) is 15.9. The Labute approximate surface area is 196 Å². The van der Waals surface area contributed by atoms with Gasteiger partial charge in [0.25, 0.3) is 0 Å². The van der Waals surface area contributed by atoms with Crippen LogP contribution in [-0.4, -0.2) is 56.3 Å². The molecule has 33 heavy (non-hydrogen) atoms. The number of piperazine rings is 1. The van der Waals surface area contributed by atoms with Gasteiger partial charge in [-0.1, -0.05) is 36.4 Å². The molecule has 0 aliphatic carbocycles. The predicted molar refractivity (Wildman–Crippen MR) is 133 cm³/mol. The van der Waals surface area contributed by atoms with E-state index in [-0.39, 0.29) is 12.5 Å². The molecule has 0 aromatic heterocycles. The van der Waals surface area contributed by atoms with Gasteiger partial charge in [-0.3, -0.25) is 9.69 Å². The Morgan fingerprint density at radius 3 is 2.09 bits per heavy atom. The Morgan fingerprint density at radius 1 is 0.848 bits per heavy atom. The van der Waals surface area contributed by atoms with Gasteiger partial charge in [-0.25, -0.2) is 8.42 Å². The van der Waals surface area contributed by atoms with Crippen LogP contribution < -0.4 is 5.32 Å². The van der Waals surface area contributed by atoms with E-state index in [4.69, 9.17) is 0 Å². The molecule has 3 aromatic carbocycles. The van der Waals surface area contributed by atoms with E-state index in [1.54, 1.807) is 4.31 Å². The van der Waals surface area contributed by atoms with E-state index in [1.165, 1.54) is 0 Å². The molecule has 4 rings (SSSR count). The molecular formula is C26H31N3O3S. The van der Waals surface area contributed by atoms with Gasteiger partial charge in [-0.15, -0.1) is 0 Å². The average molecular weight is 466 g/mol. The molecule has 0 saturated carbocycles. The third kappa shape index (κ3) is 4.81. The van der Waals surface area contributed by atoms with E-state index >= 15 is 0 Å². The molecule has 1 aliphatic rings. The predicted octanol–water partition coefficient (Wildman–Crippen LogP) is 4.02. The number of hydrogen-bond acceptors (Lipinski definition) is 4. The molecule has 7 heteroatoms. The normalized spacial score (nSPS) is 15.6. The van der Waals surface area contributed by atoms with Gasteiger partial charge in [0.15, 0.2) is 0 Å². The minimum Gasteiger partial charge on any atom is -0.325 e. The first-order valence-electron chi connectivity index (χ1n) is 11.3. The van der Waals surface area contributed by atoms with Gasteiger partial charge in [0, 0.05) is 31.9 Å². The number of carbonyl (C=O) groups is 1. The van der Waals surface area contributed by atoms with Crippen molar-refractivity contribution in [2.24, 2.45) is 0 Å². The molecule has 0 radical (unpaired) electrons. The lowest BCUT2D eigenvalue weighted by Gasteiger charge is -2.34. The number of hydrogen-bond donors (Lipinski definition) is 1. The Kier molecular flexibility index (Phi) is 6.56. The summed E-state index contributed by atoms with van der Waals surface area (Å²) in [7, 11) is -3.58. The molecule has 0 spiro atoms. The third-order valence-electron chi connectivity index (χ3n) is 6.63. The molecule has 1 N–H and O–H groups in total. The number of fused-ring (bicyclic) bond motifs is 1. The van der Waals surface area contributed by atoms with Crippen molar-refractivity contribution < 1.29 is 13.2 Å². The van der Waals surface area contributed by atoms with Crippen molar-refractivity contribution in [2.75, 3.05) is 38.0 Å². The Morgan fingerprint density at radius 2 is 1.45 bits per heavy atom. The average Bonchev–Trinajstić information content (AvgIpc) is 2.78. The van der Waals surface area contributed by atoms with Gasteiger partial charge < -0.3 is 5.32 Å². The second-order valence-corrected chi connectivity index (χ2v) is 10.8. The van der Waals surface area contributed by atoms with Crippen molar-refractivity contribution in [3.05, 3.63) is 70.8 Å². The van der Waals surface area contributed by atoms with Gasteiger partial charge in [-0.2, -0.15) is 4.31 Å². The molecule has 0 unspecified atom stereocenters. The number of anilines is 1. The van der Waals surface area contributed by atoms with Crippen LogP contribution in [0.2, 0.25) is 0 Å². The number of nitrogens with one attached hydrogen (secondary N) is 1. The lowest BCUT2D eigenvalue weighted by atomic mass is 10.0. The molecule has 1 heterocycles. The highest BCUT2D eigenvalue weighted by Gasteiger charge is 2.32. The summed E-state index contributed by atoms with van der Waals surface area (Å²) in [5.74, 6) is -0.0948. The van der Waals surface area contributed by atoms with Crippen LogP contribution in [0.3, 0.4) is 0 Å². The van der Waals surface area contributed by atoms with Crippen molar-refractivity contribution in [1.82, 2.24) is 9.21 Å². The molecule has 3 aromatic rings. The van der Waals surface area contributed by atoms with E-state index < -0.39 is 10.0 Å². The Balaban J connectivity index is 1.39. The number of rotatable bonds is 5. The fourth-order valence-electron chi connectivity index (χ4n) is 4.50. The van der Waals surface area contributed by atoms with Crippen molar-refractivity contribution in [1.29, 1.82) is 0 Å². The summed E-state index contributed by atoms with van der Waals surface area (Å²) >= 11 is 0. The number of nitrogens with zero attached hydrogens (tertiary/aromatic N) is 2. The number of benzene rings is 3. The zero-order chi connectivity index (χ0) is 23.8. The molecule has 6 nitrogen and oxygen atoms in total. The number of carbonyl (C=O) groups excluding carboxylic acids is 1. The second kappa shape index (κ2) is 9.25. The van der Waals surface area contributed by atoms with E-state index in [0.717, 1.165) is 38.7 Å². The van der Waals surface area contributed by atoms with Gasteiger partial charge in [0.2, 0.25) is 15.9 Å². The van der Waals surface area contributed by atoms with E-state index in [1.807, 2.05) is 81.1 Å². The van der Waals surface area contributed by atoms with E-state index in [0.29, 0.717) is 31.1 Å². The SMILES string of the molecule is Cc1cc(C)c(C)c(S(=O)(=O)N2CCN(CC(=O)Nc3ccc4ccccc4c3)CC2)c1C. The third-order valence-corrected chi connectivity index (χ3v) is 8.80. The van der Waals surface area contributed by atoms with Crippen LogP contribution in [-0.2, 0) is 14.8 Å². The summed E-state index contributed by atoms with van der Waals surface area (Å²) in [6.45, 7) is 9.68. The first-order chi connectivity index (χ1) is 15.7. The molecule has 1 aliphatic heterocycles. The Bertz CT molecular complexity index is 1280. The fraction of sp³-hybridized carbons (Fsp3) is 0.346. The van der Waals surface area contributed by atoms with Crippen LogP contribution in [0.15, 0.2) is 53.4 Å². The maximum atomic E-state index is 13.4. The van der Waals surface area contributed by atoms with Crippen LogP contribution in [0.5, 0.6) is 0 Å². The number of sulfonamides is 1. The number of aryl methyl sites for hydroxylation is 2. The highest BCUT2D eigenvalue weighted by Crippen LogP contribution is 2.29. The maximum absolute atomic E-state index is 13.4. The lowest BCUT2D eigenvalue weighted by molar-refractivity contribution is -0.117. The van der Waals surface area contributed by atoms with Crippen molar-refractivity contribution in [2.45, 2.75) is 32.6 Å². The van der Waals surface area contributed by atoms with E-state index in [9.17, 15) is 13.2 Å². The summed E-state index contributed by atoms with van der Waals surface area (Å²) in [4.78, 5) is 15.0.